The predicted molar refractivity (Wildman–Crippen MR) is 109 cm³/mol. The van der Waals surface area contributed by atoms with Crippen LogP contribution < -0.4 is 0 Å². The molecule has 1 nitrogen and oxygen atoms in total. The van der Waals surface area contributed by atoms with Gasteiger partial charge in [-0.15, -0.1) is 5.54 Å². The number of hydrogen-bond acceptors (Lipinski definition) is 1. The average molecular weight is 405 g/mol. The van der Waals surface area contributed by atoms with Crippen molar-refractivity contribution < 1.29 is 8.82 Å². The van der Waals surface area contributed by atoms with E-state index in [1.165, 1.54) is 0 Å². The molecular weight excluding hydrogens is 378 g/mol. The fourth-order valence-corrected chi connectivity index (χ4v) is 3.59. The van der Waals surface area contributed by atoms with Crippen LogP contribution in [0.3, 0.4) is 0 Å². The zero-order valence-corrected chi connectivity index (χ0v) is 19.3. The van der Waals surface area contributed by atoms with Gasteiger partial charge in [-0.2, -0.15) is 0 Å². The number of hydrogen-bond donors (Lipinski definition) is 0. The van der Waals surface area contributed by atoms with Gasteiger partial charge in [-0.3, -0.25) is 0 Å². The Kier molecular flexibility index (Phi) is 6.80. The van der Waals surface area contributed by atoms with Crippen LogP contribution >= 0.6 is 23.2 Å². The molecule has 0 amide bonds. The van der Waals surface area contributed by atoms with E-state index < -0.39 is 22.2 Å². The maximum absolute atomic E-state index is 14.5. The zero-order valence-electron chi connectivity index (χ0n) is 15.8. The second-order valence-electron chi connectivity index (χ2n) is 8.56. The quantitative estimate of drug-likeness (QED) is 0.302. The van der Waals surface area contributed by atoms with Crippen LogP contribution in [-0.4, -0.2) is 16.4 Å². The molecule has 134 valence electrons. The van der Waals surface area contributed by atoms with Gasteiger partial charge in [0.2, 0.25) is 0 Å². The van der Waals surface area contributed by atoms with Gasteiger partial charge in [0.15, 0.2) is 14.1 Å². The van der Waals surface area contributed by atoms with Crippen molar-refractivity contribution in [1.29, 1.82) is 0 Å². The molecule has 0 unspecified atom stereocenters. The second kappa shape index (κ2) is 7.51. The minimum absolute atomic E-state index is 0.0149. The fourth-order valence-electron chi connectivity index (χ4n) is 1.58. The summed E-state index contributed by atoms with van der Waals surface area (Å²) in [7, 11) is -3.57. The summed E-state index contributed by atoms with van der Waals surface area (Å²) in [5.74, 6) is 2.38. The maximum Gasteiger partial charge on any atom is 0.192 e. The summed E-state index contributed by atoms with van der Waals surface area (Å²) in [6, 6.07) is 1.56. The first-order valence-corrected chi connectivity index (χ1v) is 15.2. The van der Waals surface area contributed by atoms with E-state index in [0.717, 1.165) is 0 Å². The minimum Gasteiger partial charge on any atom is -0.412 e. The summed E-state index contributed by atoms with van der Waals surface area (Å²) in [5.41, 5.74) is 3.89. The van der Waals surface area contributed by atoms with Crippen molar-refractivity contribution in [1.82, 2.24) is 0 Å². The van der Waals surface area contributed by atoms with E-state index in [4.69, 9.17) is 27.6 Å². The van der Waals surface area contributed by atoms with Crippen molar-refractivity contribution >= 4 is 39.6 Å². The van der Waals surface area contributed by atoms with E-state index in [9.17, 15) is 4.39 Å². The van der Waals surface area contributed by atoms with E-state index in [-0.39, 0.29) is 22.2 Å². The molecule has 0 N–H and O–H groups in total. The molecule has 0 fully saturated rings. The Morgan fingerprint density at radius 1 is 1.12 bits per heavy atom. The van der Waals surface area contributed by atoms with Crippen molar-refractivity contribution in [3.05, 3.63) is 33.1 Å². The summed E-state index contributed by atoms with van der Waals surface area (Å²) < 4.78 is 20.7. The van der Waals surface area contributed by atoms with Gasteiger partial charge in [0.1, 0.15) is 8.07 Å². The molecule has 1 rings (SSSR count). The molecule has 0 aromatic heterocycles. The molecular formula is C18H27Cl2FOSi2. The standard InChI is InChI=1S/C18H27Cl2FOSi2/c1-18(2,3)24(7,8)22-12-14-15(19)11-13(17(21)16(14)20)9-10-23(4,5)6/h11H,12H2,1-8H3. The number of benzene rings is 1. The lowest BCUT2D eigenvalue weighted by atomic mass is 10.1. The first-order valence-electron chi connectivity index (χ1n) is 7.99. The Labute approximate surface area is 158 Å². The van der Waals surface area contributed by atoms with Crippen LogP contribution in [0.2, 0.25) is 47.8 Å². The van der Waals surface area contributed by atoms with Gasteiger partial charge in [-0.1, -0.05) is 69.5 Å². The van der Waals surface area contributed by atoms with Crippen LogP contribution in [0.25, 0.3) is 0 Å². The largest absolute Gasteiger partial charge is 0.412 e. The normalized spacial score (nSPS) is 12.8. The SMILES string of the molecule is CC(C)(C)[Si](C)(C)OCc1c(Cl)cc(C#C[Si](C)(C)C)c(F)c1Cl. The molecule has 0 aliphatic heterocycles. The summed E-state index contributed by atoms with van der Waals surface area (Å²) in [5, 5.41) is 0.480. The van der Waals surface area contributed by atoms with Crippen molar-refractivity contribution in [2.75, 3.05) is 0 Å². The van der Waals surface area contributed by atoms with Gasteiger partial charge in [-0.25, -0.2) is 4.39 Å². The Balaban J connectivity index is 3.16. The van der Waals surface area contributed by atoms with Gasteiger partial charge in [0.05, 0.1) is 17.2 Å². The average Bonchev–Trinajstić information content (AvgIpc) is 2.38. The Morgan fingerprint density at radius 2 is 1.67 bits per heavy atom. The molecule has 6 heteroatoms. The third-order valence-corrected chi connectivity index (χ3v) is 10.3. The highest BCUT2D eigenvalue weighted by molar-refractivity contribution is 6.83. The van der Waals surface area contributed by atoms with Crippen molar-refractivity contribution in [3.63, 3.8) is 0 Å². The molecule has 0 spiro atoms. The second-order valence-corrected chi connectivity index (χ2v) is 18.9. The lowest BCUT2D eigenvalue weighted by Crippen LogP contribution is -2.40. The molecule has 0 aliphatic carbocycles. The number of halogens is 3. The third kappa shape index (κ3) is 5.60. The molecule has 0 bridgehead atoms. The molecule has 0 radical (unpaired) electrons. The third-order valence-electron chi connectivity index (χ3n) is 4.21. The van der Waals surface area contributed by atoms with Crippen LogP contribution in [-0.2, 0) is 11.0 Å². The Hall–Kier alpha value is -0.316. The Morgan fingerprint density at radius 3 is 2.12 bits per heavy atom. The first kappa shape index (κ1) is 21.7. The van der Waals surface area contributed by atoms with Gasteiger partial charge >= 0.3 is 0 Å². The van der Waals surface area contributed by atoms with E-state index in [0.29, 0.717) is 10.6 Å². The topological polar surface area (TPSA) is 9.23 Å². The highest BCUT2D eigenvalue weighted by Gasteiger charge is 2.37. The smallest absolute Gasteiger partial charge is 0.192 e. The van der Waals surface area contributed by atoms with E-state index in [1.54, 1.807) is 6.07 Å². The van der Waals surface area contributed by atoms with Crippen LogP contribution in [0.15, 0.2) is 6.07 Å². The molecule has 0 saturated heterocycles. The van der Waals surface area contributed by atoms with Gasteiger partial charge in [0.25, 0.3) is 0 Å². The van der Waals surface area contributed by atoms with Crippen LogP contribution in [0, 0.1) is 17.3 Å². The molecule has 0 heterocycles. The summed E-state index contributed by atoms with van der Waals surface area (Å²) in [4.78, 5) is 0. The molecule has 0 atom stereocenters. The van der Waals surface area contributed by atoms with Crippen molar-refractivity contribution in [2.24, 2.45) is 0 Å². The summed E-state index contributed by atoms with van der Waals surface area (Å²) in [6.07, 6.45) is 0. The molecule has 0 aliphatic rings. The monoisotopic (exact) mass is 404 g/mol. The van der Waals surface area contributed by atoms with Crippen LogP contribution in [0.4, 0.5) is 4.39 Å². The van der Waals surface area contributed by atoms with E-state index in [1.807, 2.05) is 0 Å². The zero-order chi connectivity index (χ0) is 18.9. The van der Waals surface area contributed by atoms with E-state index >= 15 is 0 Å². The molecule has 24 heavy (non-hydrogen) atoms. The summed E-state index contributed by atoms with van der Waals surface area (Å²) >= 11 is 12.5. The predicted octanol–water partition coefficient (Wildman–Crippen LogP) is 6.88. The van der Waals surface area contributed by atoms with Crippen molar-refractivity contribution in [2.45, 2.75) is 65.2 Å². The maximum atomic E-state index is 14.5. The van der Waals surface area contributed by atoms with Gasteiger partial charge in [0, 0.05) is 10.6 Å². The van der Waals surface area contributed by atoms with Crippen LogP contribution in [0.5, 0.6) is 0 Å². The molecule has 1 aromatic rings. The lowest BCUT2D eigenvalue weighted by molar-refractivity contribution is 0.276. The fraction of sp³-hybridized carbons (Fsp3) is 0.556. The summed E-state index contributed by atoms with van der Waals surface area (Å²) in [6.45, 7) is 17.2. The van der Waals surface area contributed by atoms with Gasteiger partial charge in [-0.05, 0) is 24.2 Å². The van der Waals surface area contributed by atoms with Crippen molar-refractivity contribution in [3.8, 4) is 11.5 Å². The lowest BCUT2D eigenvalue weighted by Gasteiger charge is -2.36. The Bertz CT molecular complexity index is 677. The number of rotatable bonds is 3. The molecule has 1 aromatic carbocycles. The van der Waals surface area contributed by atoms with Gasteiger partial charge < -0.3 is 4.43 Å². The highest BCUT2D eigenvalue weighted by atomic mass is 35.5. The van der Waals surface area contributed by atoms with E-state index in [2.05, 4.69) is 65.0 Å². The minimum atomic E-state index is -1.97. The van der Waals surface area contributed by atoms with Crippen LogP contribution in [0.1, 0.15) is 31.9 Å². The first-order chi connectivity index (χ1) is 10.7. The molecule has 0 saturated carbocycles. The highest BCUT2D eigenvalue weighted by Crippen LogP contribution is 2.38.